The summed E-state index contributed by atoms with van der Waals surface area (Å²) in [5.41, 5.74) is 2.05. The molecule has 3 aromatic rings. The summed E-state index contributed by atoms with van der Waals surface area (Å²) in [6.45, 7) is 3.61. The summed E-state index contributed by atoms with van der Waals surface area (Å²) in [4.78, 5) is 12.4. The summed E-state index contributed by atoms with van der Waals surface area (Å²) in [7, 11) is 0. The molecule has 0 aliphatic carbocycles. The van der Waals surface area contributed by atoms with E-state index in [1.54, 1.807) is 29.9 Å². The summed E-state index contributed by atoms with van der Waals surface area (Å²) in [5, 5.41) is 7.08. The van der Waals surface area contributed by atoms with Gasteiger partial charge in [-0.1, -0.05) is 17.7 Å². The molecule has 4 nitrogen and oxygen atoms in total. The highest BCUT2D eigenvalue weighted by Crippen LogP contribution is 2.23. The Labute approximate surface area is 154 Å². The lowest BCUT2D eigenvalue weighted by Gasteiger charge is -2.15. The largest absolute Gasteiger partial charge is 0.345 e. The molecule has 1 atom stereocenters. The van der Waals surface area contributed by atoms with Gasteiger partial charge in [-0.25, -0.2) is 13.5 Å². The van der Waals surface area contributed by atoms with Gasteiger partial charge in [0, 0.05) is 11.3 Å². The number of rotatable bonds is 4. The normalized spacial score (nSPS) is 12.0. The second kappa shape index (κ2) is 7.25. The zero-order chi connectivity index (χ0) is 18.8. The van der Waals surface area contributed by atoms with Crippen LogP contribution in [0.1, 0.15) is 34.6 Å². The molecule has 26 heavy (non-hydrogen) atoms. The number of carbonyl (C=O) groups excluding carboxylic acids is 1. The second-order valence-electron chi connectivity index (χ2n) is 5.87. The van der Waals surface area contributed by atoms with Crippen molar-refractivity contribution in [3.8, 4) is 5.69 Å². The van der Waals surface area contributed by atoms with Crippen LogP contribution in [0, 0.1) is 18.6 Å². The number of aromatic nitrogens is 2. The molecule has 1 amide bonds. The molecule has 0 aliphatic rings. The second-order valence-corrected chi connectivity index (χ2v) is 6.27. The fourth-order valence-corrected chi connectivity index (χ4v) is 3.00. The maximum absolute atomic E-state index is 13.9. The van der Waals surface area contributed by atoms with Crippen LogP contribution in [0.3, 0.4) is 0 Å². The maximum atomic E-state index is 13.9. The Balaban J connectivity index is 1.84. The van der Waals surface area contributed by atoms with Crippen molar-refractivity contribution in [2.75, 3.05) is 0 Å². The van der Waals surface area contributed by atoms with E-state index in [-0.39, 0.29) is 16.4 Å². The third kappa shape index (κ3) is 3.46. The molecule has 0 spiro atoms. The first-order valence-corrected chi connectivity index (χ1v) is 8.31. The van der Waals surface area contributed by atoms with Gasteiger partial charge in [-0.15, -0.1) is 0 Å². The highest BCUT2D eigenvalue weighted by atomic mass is 35.5. The molecule has 7 heteroatoms. The number of nitrogens with zero attached hydrogens (tertiary/aromatic N) is 2. The summed E-state index contributed by atoms with van der Waals surface area (Å²) in [6, 6.07) is 9.58. The van der Waals surface area contributed by atoms with Crippen LogP contribution in [0.25, 0.3) is 5.69 Å². The number of amides is 1. The Bertz CT molecular complexity index is 934. The summed E-state index contributed by atoms with van der Waals surface area (Å²) >= 11 is 5.93. The highest BCUT2D eigenvalue weighted by Gasteiger charge is 2.20. The van der Waals surface area contributed by atoms with E-state index in [9.17, 15) is 13.6 Å². The van der Waals surface area contributed by atoms with E-state index in [0.29, 0.717) is 5.69 Å². The molecule has 1 N–H and O–H groups in total. The third-order valence-corrected chi connectivity index (χ3v) is 4.44. The van der Waals surface area contributed by atoms with Crippen molar-refractivity contribution in [1.29, 1.82) is 0 Å². The van der Waals surface area contributed by atoms with Gasteiger partial charge in [0.2, 0.25) is 0 Å². The van der Waals surface area contributed by atoms with Crippen molar-refractivity contribution < 1.29 is 13.6 Å². The van der Waals surface area contributed by atoms with E-state index >= 15 is 0 Å². The van der Waals surface area contributed by atoms with Gasteiger partial charge in [-0.2, -0.15) is 5.10 Å². The minimum Gasteiger partial charge on any atom is -0.345 e. The number of halogens is 3. The SMILES string of the molecule is Cc1c(C(C)NC(=O)c2c(F)cccc2Cl)cnn1-c1ccc(F)cc1. The van der Waals surface area contributed by atoms with Crippen molar-refractivity contribution in [1.82, 2.24) is 15.1 Å². The lowest BCUT2D eigenvalue weighted by molar-refractivity contribution is 0.0936. The Kier molecular flexibility index (Phi) is 5.04. The molecule has 1 heterocycles. The van der Waals surface area contributed by atoms with Gasteiger partial charge in [0.1, 0.15) is 11.6 Å². The van der Waals surface area contributed by atoms with Crippen molar-refractivity contribution >= 4 is 17.5 Å². The third-order valence-electron chi connectivity index (χ3n) is 4.12. The minimum atomic E-state index is -0.680. The molecule has 0 saturated carbocycles. The van der Waals surface area contributed by atoms with E-state index in [1.165, 1.54) is 30.3 Å². The summed E-state index contributed by atoms with van der Waals surface area (Å²) in [6.07, 6.45) is 1.62. The summed E-state index contributed by atoms with van der Waals surface area (Å²) in [5.74, 6) is -1.61. The number of hydrogen-bond acceptors (Lipinski definition) is 2. The molecule has 134 valence electrons. The topological polar surface area (TPSA) is 46.9 Å². The number of carbonyl (C=O) groups is 1. The highest BCUT2D eigenvalue weighted by molar-refractivity contribution is 6.33. The van der Waals surface area contributed by atoms with Gasteiger partial charge in [0.05, 0.1) is 28.5 Å². The van der Waals surface area contributed by atoms with Gasteiger partial charge in [-0.05, 0) is 50.2 Å². The van der Waals surface area contributed by atoms with Crippen LogP contribution in [-0.2, 0) is 0 Å². The van der Waals surface area contributed by atoms with E-state index in [4.69, 9.17) is 11.6 Å². The van der Waals surface area contributed by atoms with Crippen molar-refractivity contribution in [2.45, 2.75) is 19.9 Å². The Morgan fingerprint density at radius 1 is 1.19 bits per heavy atom. The van der Waals surface area contributed by atoms with Gasteiger partial charge in [0.15, 0.2) is 0 Å². The quantitative estimate of drug-likeness (QED) is 0.724. The average Bonchev–Trinajstić information content (AvgIpc) is 2.97. The maximum Gasteiger partial charge on any atom is 0.256 e. The van der Waals surface area contributed by atoms with Crippen molar-refractivity contribution in [3.05, 3.63) is 82.1 Å². The van der Waals surface area contributed by atoms with Crippen LogP contribution in [-0.4, -0.2) is 15.7 Å². The van der Waals surface area contributed by atoms with Crippen LogP contribution in [0.2, 0.25) is 5.02 Å². The van der Waals surface area contributed by atoms with E-state index in [2.05, 4.69) is 10.4 Å². The van der Waals surface area contributed by atoms with Crippen LogP contribution in [0.15, 0.2) is 48.7 Å². The lowest BCUT2D eigenvalue weighted by atomic mass is 10.1. The molecular formula is C19H16ClF2N3O. The van der Waals surface area contributed by atoms with E-state index in [0.717, 1.165) is 11.3 Å². The molecule has 0 aliphatic heterocycles. The van der Waals surface area contributed by atoms with Crippen LogP contribution in [0.4, 0.5) is 8.78 Å². The first-order valence-electron chi connectivity index (χ1n) is 7.94. The predicted molar refractivity (Wildman–Crippen MR) is 95.6 cm³/mol. The first kappa shape index (κ1) is 18.1. The van der Waals surface area contributed by atoms with Crippen molar-refractivity contribution in [3.63, 3.8) is 0 Å². The predicted octanol–water partition coefficient (Wildman–Crippen LogP) is 4.60. The van der Waals surface area contributed by atoms with Gasteiger partial charge in [-0.3, -0.25) is 4.79 Å². The molecule has 1 unspecified atom stereocenters. The van der Waals surface area contributed by atoms with Gasteiger partial charge in [0.25, 0.3) is 5.91 Å². The monoisotopic (exact) mass is 375 g/mol. The minimum absolute atomic E-state index is 0.0495. The Morgan fingerprint density at radius 3 is 2.54 bits per heavy atom. The van der Waals surface area contributed by atoms with Gasteiger partial charge >= 0.3 is 0 Å². The molecule has 0 radical (unpaired) electrons. The number of nitrogens with one attached hydrogen (secondary N) is 1. The first-order chi connectivity index (χ1) is 12.4. The molecule has 0 saturated heterocycles. The molecule has 0 bridgehead atoms. The zero-order valence-electron chi connectivity index (χ0n) is 14.1. The lowest BCUT2D eigenvalue weighted by Crippen LogP contribution is -2.28. The van der Waals surface area contributed by atoms with Crippen molar-refractivity contribution in [2.24, 2.45) is 0 Å². The fourth-order valence-electron chi connectivity index (χ4n) is 2.75. The molecule has 1 aromatic heterocycles. The molecule has 2 aromatic carbocycles. The standard InChI is InChI=1S/C19H16ClF2N3O/c1-11(24-19(26)18-16(20)4-3-5-17(18)22)15-10-23-25(12(15)2)14-8-6-13(21)7-9-14/h3-11H,1-2H3,(H,24,26). The van der Waals surface area contributed by atoms with Crippen LogP contribution < -0.4 is 5.32 Å². The average molecular weight is 376 g/mol. The summed E-state index contributed by atoms with van der Waals surface area (Å²) < 4.78 is 28.6. The van der Waals surface area contributed by atoms with Crippen LogP contribution >= 0.6 is 11.6 Å². The molecule has 3 rings (SSSR count). The van der Waals surface area contributed by atoms with Crippen LogP contribution in [0.5, 0.6) is 0 Å². The fraction of sp³-hybridized carbons (Fsp3) is 0.158. The number of benzene rings is 2. The van der Waals surface area contributed by atoms with Gasteiger partial charge < -0.3 is 5.32 Å². The number of hydrogen-bond donors (Lipinski definition) is 1. The van der Waals surface area contributed by atoms with E-state index < -0.39 is 17.8 Å². The molecular weight excluding hydrogens is 360 g/mol. The smallest absolute Gasteiger partial charge is 0.256 e. The Morgan fingerprint density at radius 2 is 1.88 bits per heavy atom. The zero-order valence-corrected chi connectivity index (χ0v) is 14.9. The molecule has 0 fully saturated rings. The van der Waals surface area contributed by atoms with E-state index in [1.807, 2.05) is 6.92 Å². The Hall–Kier alpha value is -2.73.